The van der Waals surface area contributed by atoms with E-state index >= 15 is 0 Å². The third kappa shape index (κ3) is 4.39. The molecule has 0 heterocycles. The minimum atomic E-state index is -0.465. The second-order valence-corrected chi connectivity index (χ2v) is 5.48. The summed E-state index contributed by atoms with van der Waals surface area (Å²) in [5.74, 6) is 0.182. The van der Waals surface area contributed by atoms with Crippen molar-refractivity contribution in [3.63, 3.8) is 0 Å². The fraction of sp³-hybridized carbons (Fsp3) is 0.917. The highest BCUT2D eigenvalue weighted by Crippen LogP contribution is 2.24. The molecule has 0 radical (unpaired) electrons. The summed E-state index contributed by atoms with van der Waals surface area (Å²) in [6, 6.07) is 0.0635. The molecule has 1 saturated carbocycles. The van der Waals surface area contributed by atoms with Gasteiger partial charge in [0, 0.05) is 18.6 Å². The number of ether oxygens (including phenoxy) is 1. The Balaban J connectivity index is 2.42. The lowest BCUT2D eigenvalue weighted by Gasteiger charge is -2.31. The number of carbonyl (C=O) groups is 1. The fourth-order valence-corrected chi connectivity index (χ4v) is 2.08. The van der Waals surface area contributed by atoms with Crippen LogP contribution in [0.1, 0.15) is 46.5 Å². The molecule has 0 spiro atoms. The van der Waals surface area contributed by atoms with Gasteiger partial charge in [-0.05, 0) is 33.6 Å². The smallest absolute Gasteiger partial charge is 0.407 e. The van der Waals surface area contributed by atoms with Crippen LogP contribution in [0, 0.1) is 5.92 Å². The first kappa shape index (κ1) is 13.3. The van der Waals surface area contributed by atoms with Gasteiger partial charge in [0.1, 0.15) is 5.60 Å². The Kier molecular flexibility index (Phi) is 4.59. The third-order valence-electron chi connectivity index (χ3n) is 2.85. The molecule has 2 atom stereocenters. The second kappa shape index (κ2) is 5.53. The highest BCUT2D eigenvalue weighted by Gasteiger charge is 2.27. The molecule has 1 aliphatic rings. The Morgan fingerprint density at radius 3 is 2.56 bits per heavy atom. The van der Waals surface area contributed by atoms with Gasteiger partial charge in [-0.25, -0.2) is 4.79 Å². The molecule has 1 aliphatic carbocycles. The summed E-state index contributed by atoms with van der Waals surface area (Å²) >= 11 is 0. The van der Waals surface area contributed by atoms with Crippen molar-refractivity contribution in [1.82, 2.24) is 5.32 Å². The molecule has 2 N–H and O–H groups in total. The molecule has 0 aliphatic heterocycles. The van der Waals surface area contributed by atoms with Gasteiger partial charge in [-0.2, -0.15) is 0 Å². The number of aliphatic hydroxyl groups excluding tert-OH is 1. The van der Waals surface area contributed by atoms with Gasteiger partial charge < -0.3 is 15.2 Å². The molecule has 1 amide bonds. The average molecular weight is 229 g/mol. The van der Waals surface area contributed by atoms with Gasteiger partial charge in [-0.3, -0.25) is 0 Å². The molecule has 4 nitrogen and oxygen atoms in total. The first-order chi connectivity index (χ1) is 7.42. The van der Waals surface area contributed by atoms with Crippen LogP contribution >= 0.6 is 0 Å². The molecule has 4 heteroatoms. The van der Waals surface area contributed by atoms with Gasteiger partial charge >= 0.3 is 6.09 Å². The number of alkyl carbamates (subject to hydrolysis) is 1. The standard InChI is InChI=1S/C12H23NO3/c1-12(2,3)16-11(15)13-10-7-5-4-6-9(10)8-14/h9-10,14H,4-8H2,1-3H3,(H,13,15)/t9?,10-/m0/s1. The minimum absolute atomic E-state index is 0.0635. The predicted molar refractivity (Wildman–Crippen MR) is 62.2 cm³/mol. The van der Waals surface area contributed by atoms with Gasteiger partial charge in [0.25, 0.3) is 0 Å². The zero-order chi connectivity index (χ0) is 12.2. The topological polar surface area (TPSA) is 58.6 Å². The van der Waals surface area contributed by atoms with E-state index in [9.17, 15) is 9.90 Å². The van der Waals surface area contributed by atoms with Crippen molar-refractivity contribution in [3.05, 3.63) is 0 Å². The van der Waals surface area contributed by atoms with Crippen molar-refractivity contribution < 1.29 is 14.6 Å². The van der Waals surface area contributed by atoms with Crippen LogP contribution in [0.3, 0.4) is 0 Å². The lowest BCUT2D eigenvalue weighted by molar-refractivity contribution is 0.0446. The normalized spacial score (nSPS) is 26.2. The van der Waals surface area contributed by atoms with E-state index in [-0.39, 0.29) is 24.7 Å². The van der Waals surface area contributed by atoms with Gasteiger partial charge in [0.05, 0.1) is 0 Å². The second-order valence-electron chi connectivity index (χ2n) is 5.48. The summed E-state index contributed by atoms with van der Waals surface area (Å²) in [5, 5.41) is 12.1. The molecule has 0 aromatic carbocycles. The van der Waals surface area contributed by atoms with Crippen LogP contribution in [0.2, 0.25) is 0 Å². The molecule has 16 heavy (non-hydrogen) atoms. The number of hydrogen-bond acceptors (Lipinski definition) is 3. The molecule has 1 unspecified atom stereocenters. The number of carbonyl (C=O) groups excluding carboxylic acids is 1. The van der Waals surface area contributed by atoms with E-state index in [0.29, 0.717) is 0 Å². The monoisotopic (exact) mass is 229 g/mol. The van der Waals surface area contributed by atoms with Crippen molar-refractivity contribution in [3.8, 4) is 0 Å². The Labute approximate surface area is 97.4 Å². The first-order valence-electron chi connectivity index (χ1n) is 6.03. The summed E-state index contributed by atoms with van der Waals surface area (Å²) in [5.41, 5.74) is -0.465. The number of nitrogens with one attached hydrogen (secondary N) is 1. The first-order valence-corrected chi connectivity index (χ1v) is 6.03. The van der Waals surface area contributed by atoms with Crippen LogP contribution in [-0.4, -0.2) is 29.4 Å². The van der Waals surface area contributed by atoms with Gasteiger partial charge in [0.15, 0.2) is 0 Å². The lowest BCUT2D eigenvalue weighted by Crippen LogP contribution is -2.45. The van der Waals surface area contributed by atoms with Gasteiger partial charge in [-0.1, -0.05) is 12.8 Å². The summed E-state index contributed by atoms with van der Waals surface area (Å²) in [7, 11) is 0. The molecule has 0 aromatic heterocycles. The number of rotatable bonds is 2. The van der Waals surface area contributed by atoms with Crippen LogP contribution in [0.5, 0.6) is 0 Å². The number of aliphatic hydroxyl groups is 1. The van der Waals surface area contributed by atoms with E-state index in [1.165, 1.54) is 0 Å². The van der Waals surface area contributed by atoms with E-state index in [0.717, 1.165) is 25.7 Å². The molecule has 0 saturated heterocycles. The Morgan fingerprint density at radius 1 is 1.38 bits per heavy atom. The van der Waals surface area contributed by atoms with Crippen molar-refractivity contribution >= 4 is 6.09 Å². The van der Waals surface area contributed by atoms with Crippen LogP contribution in [0.4, 0.5) is 4.79 Å². The quantitative estimate of drug-likeness (QED) is 0.762. The summed E-state index contributed by atoms with van der Waals surface area (Å²) in [4.78, 5) is 11.6. The Bertz CT molecular complexity index is 235. The van der Waals surface area contributed by atoms with Crippen molar-refractivity contribution in [1.29, 1.82) is 0 Å². The fourth-order valence-electron chi connectivity index (χ4n) is 2.08. The molecule has 1 fully saturated rings. The maximum Gasteiger partial charge on any atom is 0.407 e. The van der Waals surface area contributed by atoms with Crippen LogP contribution in [0.25, 0.3) is 0 Å². The zero-order valence-corrected chi connectivity index (χ0v) is 10.5. The Morgan fingerprint density at radius 2 is 2.00 bits per heavy atom. The lowest BCUT2D eigenvalue weighted by atomic mass is 9.85. The van der Waals surface area contributed by atoms with E-state index in [1.807, 2.05) is 20.8 Å². The zero-order valence-electron chi connectivity index (χ0n) is 10.5. The summed E-state index contributed by atoms with van der Waals surface area (Å²) in [6.07, 6.45) is 3.79. The van der Waals surface area contributed by atoms with Gasteiger partial charge in [0.2, 0.25) is 0 Å². The van der Waals surface area contributed by atoms with Crippen LogP contribution in [-0.2, 0) is 4.74 Å². The molecular formula is C12H23NO3. The largest absolute Gasteiger partial charge is 0.444 e. The van der Waals surface area contributed by atoms with Crippen molar-refractivity contribution in [2.24, 2.45) is 5.92 Å². The third-order valence-corrected chi connectivity index (χ3v) is 2.85. The SMILES string of the molecule is CC(C)(C)OC(=O)N[C@H]1CCCCC1CO. The highest BCUT2D eigenvalue weighted by molar-refractivity contribution is 5.68. The summed E-state index contributed by atoms with van der Waals surface area (Å²) < 4.78 is 5.20. The van der Waals surface area contributed by atoms with Crippen LogP contribution < -0.4 is 5.32 Å². The minimum Gasteiger partial charge on any atom is -0.444 e. The molecule has 0 aromatic rings. The average Bonchev–Trinajstić information content (AvgIpc) is 2.15. The molecule has 0 bridgehead atoms. The van der Waals surface area contributed by atoms with Crippen LogP contribution in [0.15, 0.2) is 0 Å². The van der Waals surface area contributed by atoms with Gasteiger partial charge in [-0.15, -0.1) is 0 Å². The maximum atomic E-state index is 11.6. The van der Waals surface area contributed by atoms with E-state index < -0.39 is 5.60 Å². The van der Waals surface area contributed by atoms with Crippen molar-refractivity contribution in [2.45, 2.75) is 58.1 Å². The van der Waals surface area contributed by atoms with Crippen molar-refractivity contribution in [2.75, 3.05) is 6.61 Å². The molecule has 94 valence electrons. The summed E-state index contributed by atoms with van der Waals surface area (Å²) in [6.45, 7) is 5.67. The maximum absolute atomic E-state index is 11.6. The predicted octanol–water partition coefficient (Wildman–Crippen LogP) is 2.06. The number of hydrogen-bond donors (Lipinski definition) is 2. The Hall–Kier alpha value is -0.770. The van der Waals surface area contributed by atoms with E-state index in [2.05, 4.69) is 5.32 Å². The van der Waals surface area contributed by atoms with E-state index in [4.69, 9.17) is 4.74 Å². The highest BCUT2D eigenvalue weighted by atomic mass is 16.6. The van der Waals surface area contributed by atoms with E-state index in [1.54, 1.807) is 0 Å². The molecule has 1 rings (SSSR count). The molecular weight excluding hydrogens is 206 g/mol. The number of amides is 1.